The highest BCUT2D eigenvalue weighted by Gasteiger charge is 2.22. The fourth-order valence-electron chi connectivity index (χ4n) is 2.15. The number of aromatic nitrogens is 1. The first-order valence-electron chi connectivity index (χ1n) is 6.20. The van der Waals surface area contributed by atoms with Gasteiger partial charge in [0.05, 0.1) is 24.4 Å². The van der Waals surface area contributed by atoms with E-state index in [0.29, 0.717) is 18.2 Å². The Labute approximate surface area is 119 Å². The van der Waals surface area contributed by atoms with E-state index in [1.165, 1.54) is 0 Å². The summed E-state index contributed by atoms with van der Waals surface area (Å²) in [5.74, 6) is 0.127. The molecular formula is C13H20ClN3O2. The number of carbonyl (C=O) groups excluding carboxylic acids is 1. The Morgan fingerprint density at radius 3 is 2.68 bits per heavy atom. The van der Waals surface area contributed by atoms with Crippen molar-refractivity contribution in [2.75, 3.05) is 25.9 Å². The molecule has 1 aromatic rings. The van der Waals surface area contributed by atoms with Crippen molar-refractivity contribution in [3.8, 4) is 0 Å². The summed E-state index contributed by atoms with van der Waals surface area (Å²) >= 11 is 0. The van der Waals surface area contributed by atoms with Crippen LogP contribution in [0.25, 0.3) is 0 Å². The van der Waals surface area contributed by atoms with Gasteiger partial charge in [0.2, 0.25) is 5.91 Å². The summed E-state index contributed by atoms with van der Waals surface area (Å²) in [6.07, 6.45) is 4.05. The summed E-state index contributed by atoms with van der Waals surface area (Å²) in [6, 6.07) is 3.57. The van der Waals surface area contributed by atoms with Gasteiger partial charge in [0.25, 0.3) is 0 Å². The van der Waals surface area contributed by atoms with Gasteiger partial charge in [-0.3, -0.25) is 9.78 Å². The Morgan fingerprint density at radius 1 is 1.47 bits per heavy atom. The number of anilines is 1. The highest BCUT2D eigenvalue weighted by atomic mass is 35.5. The van der Waals surface area contributed by atoms with E-state index < -0.39 is 0 Å². The third kappa shape index (κ3) is 4.36. The van der Waals surface area contributed by atoms with Crippen molar-refractivity contribution >= 4 is 24.0 Å². The number of halogens is 1. The molecule has 0 saturated carbocycles. The average molecular weight is 286 g/mol. The molecule has 2 heterocycles. The van der Waals surface area contributed by atoms with Gasteiger partial charge in [0.15, 0.2) is 0 Å². The molecule has 106 valence electrons. The molecule has 2 N–H and O–H groups in total. The lowest BCUT2D eigenvalue weighted by molar-refractivity contribution is -0.132. The van der Waals surface area contributed by atoms with Crippen molar-refractivity contribution in [1.82, 2.24) is 9.88 Å². The van der Waals surface area contributed by atoms with E-state index in [-0.39, 0.29) is 18.3 Å². The largest absolute Gasteiger partial charge is 0.397 e. The lowest BCUT2D eigenvalue weighted by Crippen LogP contribution is -2.41. The predicted molar refractivity (Wildman–Crippen MR) is 76.2 cm³/mol. The molecule has 1 amide bonds. The van der Waals surface area contributed by atoms with Crippen LogP contribution in [0.3, 0.4) is 0 Å². The van der Waals surface area contributed by atoms with Gasteiger partial charge in [-0.25, -0.2) is 0 Å². The molecule has 6 heteroatoms. The number of pyridine rings is 1. The van der Waals surface area contributed by atoms with Crippen molar-refractivity contribution in [3.63, 3.8) is 0 Å². The van der Waals surface area contributed by atoms with Gasteiger partial charge in [-0.2, -0.15) is 0 Å². The summed E-state index contributed by atoms with van der Waals surface area (Å²) in [7, 11) is 1.72. The lowest BCUT2D eigenvalue weighted by atomic mass is 10.1. The number of methoxy groups -OCH3 is 1. The Morgan fingerprint density at radius 2 is 2.16 bits per heavy atom. The van der Waals surface area contributed by atoms with Crippen molar-refractivity contribution in [2.24, 2.45) is 0 Å². The molecule has 0 atom stereocenters. The van der Waals surface area contributed by atoms with Crippen LogP contribution < -0.4 is 5.73 Å². The number of piperidine rings is 1. The monoisotopic (exact) mass is 285 g/mol. The summed E-state index contributed by atoms with van der Waals surface area (Å²) in [5.41, 5.74) is 6.94. The molecule has 5 nitrogen and oxygen atoms in total. The maximum absolute atomic E-state index is 12.1. The van der Waals surface area contributed by atoms with Gasteiger partial charge in [-0.1, -0.05) is 0 Å². The number of hydrogen-bond acceptors (Lipinski definition) is 4. The molecule has 1 saturated heterocycles. The second kappa shape index (κ2) is 7.31. The normalized spacial score (nSPS) is 15.9. The Balaban J connectivity index is 0.00000180. The van der Waals surface area contributed by atoms with Crippen LogP contribution in [0.2, 0.25) is 0 Å². The molecule has 0 aromatic carbocycles. The van der Waals surface area contributed by atoms with Gasteiger partial charge in [-0.15, -0.1) is 12.4 Å². The highest BCUT2D eigenvalue weighted by molar-refractivity contribution is 5.85. The van der Waals surface area contributed by atoms with Crippen LogP contribution in [-0.4, -0.2) is 42.1 Å². The number of carbonyl (C=O) groups is 1. The Kier molecular flexibility index (Phi) is 6.05. The second-order valence-electron chi connectivity index (χ2n) is 4.58. The maximum Gasteiger partial charge on any atom is 0.228 e. The van der Waals surface area contributed by atoms with Crippen molar-refractivity contribution in [2.45, 2.75) is 25.4 Å². The molecule has 1 aliphatic heterocycles. The van der Waals surface area contributed by atoms with E-state index in [2.05, 4.69) is 4.98 Å². The van der Waals surface area contributed by atoms with Gasteiger partial charge in [-0.05, 0) is 25.0 Å². The number of nitrogens with two attached hydrogens (primary N) is 1. The maximum atomic E-state index is 12.1. The molecule has 1 aliphatic rings. The zero-order valence-corrected chi connectivity index (χ0v) is 11.9. The lowest BCUT2D eigenvalue weighted by Gasteiger charge is -2.31. The first-order chi connectivity index (χ1) is 8.69. The average Bonchev–Trinajstić information content (AvgIpc) is 2.41. The molecular weight excluding hydrogens is 266 g/mol. The van der Waals surface area contributed by atoms with Crippen molar-refractivity contribution in [3.05, 3.63) is 24.0 Å². The summed E-state index contributed by atoms with van der Waals surface area (Å²) in [5, 5.41) is 0. The van der Waals surface area contributed by atoms with Crippen LogP contribution in [-0.2, 0) is 16.0 Å². The molecule has 0 unspecified atom stereocenters. The standard InChI is InChI=1S/C13H19N3O2.ClH/c1-18-12-4-6-16(7-5-12)13(17)8-11-3-2-10(14)9-15-11;/h2-3,9,12H,4-8,14H2,1H3;1H. The number of amides is 1. The van der Waals surface area contributed by atoms with E-state index in [0.717, 1.165) is 31.6 Å². The third-order valence-electron chi connectivity index (χ3n) is 3.31. The fraction of sp³-hybridized carbons (Fsp3) is 0.538. The molecule has 0 bridgehead atoms. The van der Waals surface area contributed by atoms with Crippen molar-refractivity contribution < 1.29 is 9.53 Å². The van der Waals surface area contributed by atoms with Crippen molar-refractivity contribution in [1.29, 1.82) is 0 Å². The topological polar surface area (TPSA) is 68.5 Å². The number of nitrogen functional groups attached to an aromatic ring is 1. The van der Waals surface area contributed by atoms with Gasteiger partial charge < -0.3 is 15.4 Å². The molecule has 19 heavy (non-hydrogen) atoms. The van der Waals surface area contributed by atoms with Crippen LogP contribution in [0, 0.1) is 0 Å². The fourth-order valence-corrected chi connectivity index (χ4v) is 2.15. The van der Waals surface area contributed by atoms with Gasteiger partial charge in [0, 0.05) is 25.9 Å². The summed E-state index contributed by atoms with van der Waals surface area (Å²) in [4.78, 5) is 18.1. The minimum atomic E-state index is 0. The number of rotatable bonds is 3. The van der Waals surface area contributed by atoms with E-state index in [9.17, 15) is 4.79 Å². The second-order valence-corrected chi connectivity index (χ2v) is 4.58. The SMILES string of the molecule is COC1CCN(C(=O)Cc2ccc(N)cn2)CC1.Cl. The van der Waals surface area contributed by atoms with E-state index in [4.69, 9.17) is 10.5 Å². The van der Waals surface area contributed by atoms with Crippen LogP contribution in [0.15, 0.2) is 18.3 Å². The van der Waals surface area contributed by atoms with E-state index in [1.54, 1.807) is 25.4 Å². The third-order valence-corrected chi connectivity index (χ3v) is 3.31. The van der Waals surface area contributed by atoms with Crippen LogP contribution in [0.1, 0.15) is 18.5 Å². The molecule has 1 aromatic heterocycles. The minimum absolute atomic E-state index is 0. The zero-order chi connectivity index (χ0) is 13.0. The Hall–Kier alpha value is -1.33. The summed E-state index contributed by atoms with van der Waals surface area (Å²) in [6.45, 7) is 1.54. The first-order valence-corrected chi connectivity index (χ1v) is 6.20. The number of ether oxygens (including phenoxy) is 1. The number of hydrogen-bond donors (Lipinski definition) is 1. The minimum Gasteiger partial charge on any atom is -0.397 e. The number of nitrogens with zero attached hydrogens (tertiary/aromatic N) is 2. The van der Waals surface area contributed by atoms with Crippen LogP contribution in [0.4, 0.5) is 5.69 Å². The van der Waals surface area contributed by atoms with E-state index in [1.807, 2.05) is 4.90 Å². The van der Waals surface area contributed by atoms with Gasteiger partial charge in [0.1, 0.15) is 0 Å². The molecule has 0 radical (unpaired) electrons. The van der Waals surface area contributed by atoms with Gasteiger partial charge >= 0.3 is 0 Å². The summed E-state index contributed by atoms with van der Waals surface area (Å²) < 4.78 is 5.29. The van der Waals surface area contributed by atoms with E-state index >= 15 is 0 Å². The smallest absolute Gasteiger partial charge is 0.228 e. The molecule has 2 rings (SSSR count). The van der Waals surface area contributed by atoms with Crippen LogP contribution >= 0.6 is 12.4 Å². The first kappa shape index (κ1) is 15.7. The predicted octanol–water partition coefficient (Wildman–Crippen LogP) is 1.27. The highest BCUT2D eigenvalue weighted by Crippen LogP contribution is 2.14. The molecule has 0 spiro atoms. The van der Waals surface area contributed by atoms with Crippen LogP contribution in [0.5, 0.6) is 0 Å². The Bertz CT molecular complexity index is 403. The zero-order valence-electron chi connectivity index (χ0n) is 11.0. The molecule has 0 aliphatic carbocycles. The quantitative estimate of drug-likeness (QED) is 0.908. The molecule has 1 fully saturated rings. The number of likely N-dealkylation sites (tertiary alicyclic amines) is 1.